The van der Waals surface area contributed by atoms with Gasteiger partial charge in [-0.15, -0.1) is 6.58 Å². The molecule has 0 bridgehead atoms. The fraction of sp³-hybridized carbons (Fsp3) is 0.400. The van der Waals surface area contributed by atoms with Crippen LogP contribution in [0.2, 0.25) is 10.0 Å². The molecule has 0 aliphatic rings. The van der Waals surface area contributed by atoms with Crippen molar-refractivity contribution in [1.29, 1.82) is 0 Å². The summed E-state index contributed by atoms with van der Waals surface area (Å²) in [6.07, 6.45) is 6.11. The zero-order valence-electron chi connectivity index (χ0n) is 11.5. The number of anilines is 1. The molecular weight excluding hydrogens is 297 g/mol. The van der Waals surface area contributed by atoms with Crippen molar-refractivity contribution >= 4 is 34.9 Å². The van der Waals surface area contributed by atoms with Crippen LogP contribution in [-0.2, 0) is 0 Å². The van der Waals surface area contributed by atoms with E-state index in [1.165, 1.54) is 12.1 Å². The van der Waals surface area contributed by atoms with E-state index in [2.05, 4.69) is 11.9 Å². The van der Waals surface area contributed by atoms with Crippen LogP contribution in [0, 0.1) is 0 Å². The van der Waals surface area contributed by atoms with E-state index in [4.69, 9.17) is 28.3 Å². The molecule has 0 saturated carbocycles. The van der Waals surface area contributed by atoms with E-state index < -0.39 is 5.97 Å². The molecule has 5 heteroatoms. The number of benzene rings is 1. The lowest BCUT2D eigenvalue weighted by Gasteiger charge is -2.17. The molecule has 1 atom stereocenters. The van der Waals surface area contributed by atoms with Crippen LogP contribution in [-0.4, -0.2) is 17.1 Å². The van der Waals surface area contributed by atoms with Crippen molar-refractivity contribution in [3.05, 3.63) is 40.4 Å². The predicted molar refractivity (Wildman–Crippen MR) is 85.2 cm³/mol. The predicted octanol–water partition coefficient (Wildman–Crippen LogP) is 5.24. The van der Waals surface area contributed by atoms with Gasteiger partial charge in [0.15, 0.2) is 0 Å². The number of carboxylic acids is 1. The Kier molecular flexibility index (Phi) is 6.89. The Morgan fingerprint density at radius 2 is 2.00 bits per heavy atom. The minimum absolute atomic E-state index is 0.0872. The highest BCUT2D eigenvalue weighted by molar-refractivity contribution is 6.39. The number of hydrogen-bond donors (Lipinski definition) is 2. The molecule has 0 aliphatic carbocycles. The number of hydrogen-bond acceptors (Lipinski definition) is 2. The first-order valence-corrected chi connectivity index (χ1v) is 7.31. The molecule has 2 N–H and O–H groups in total. The molecule has 0 aromatic heterocycles. The van der Waals surface area contributed by atoms with Gasteiger partial charge in [-0.25, -0.2) is 4.79 Å². The molecule has 1 aromatic carbocycles. The van der Waals surface area contributed by atoms with E-state index in [-0.39, 0.29) is 11.6 Å². The topological polar surface area (TPSA) is 49.3 Å². The average molecular weight is 316 g/mol. The number of halogens is 2. The minimum Gasteiger partial charge on any atom is -0.478 e. The molecule has 1 unspecified atom stereocenters. The van der Waals surface area contributed by atoms with Crippen LogP contribution in [0.25, 0.3) is 0 Å². The summed E-state index contributed by atoms with van der Waals surface area (Å²) >= 11 is 12.2. The van der Waals surface area contributed by atoms with Gasteiger partial charge >= 0.3 is 5.97 Å². The van der Waals surface area contributed by atoms with Crippen LogP contribution in [0.3, 0.4) is 0 Å². The van der Waals surface area contributed by atoms with Gasteiger partial charge in [-0.3, -0.25) is 0 Å². The van der Waals surface area contributed by atoms with Crippen LogP contribution in [0.5, 0.6) is 0 Å². The number of rotatable bonds is 8. The molecule has 1 rings (SSSR count). The van der Waals surface area contributed by atoms with Crippen LogP contribution in [0.4, 0.5) is 5.69 Å². The Labute approximate surface area is 129 Å². The molecule has 0 aliphatic heterocycles. The summed E-state index contributed by atoms with van der Waals surface area (Å²) in [6.45, 7) is 5.74. The van der Waals surface area contributed by atoms with Gasteiger partial charge in [-0.2, -0.15) is 0 Å². The lowest BCUT2D eigenvalue weighted by molar-refractivity contribution is 0.0697. The van der Waals surface area contributed by atoms with E-state index in [0.29, 0.717) is 15.7 Å². The normalized spacial score (nSPS) is 11.9. The third kappa shape index (κ3) is 5.06. The molecule has 110 valence electrons. The second-order valence-electron chi connectivity index (χ2n) is 4.74. The summed E-state index contributed by atoms with van der Waals surface area (Å²) in [5.41, 5.74) is 0.679. The molecular formula is C15H19Cl2NO2. The molecule has 0 fully saturated rings. The zero-order chi connectivity index (χ0) is 15.1. The van der Waals surface area contributed by atoms with Crippen LogP contribution < -0.4 is 5.32 Å². The number of carboxylic acid groups (broad SMARTS) is 1. The zero-order valence-corrected chi connectivity index (χ0v) is 13.0. The van der Waals surface area contributed by atoms with Crippen molar-refractivity contribution in [3.8, 4) is 0 Å². The quantitative estimate of drug-likeness (QED) is 0.509. The van der Waals surface area contributed by atoms with Crippen molar-refractivity contribution in [2.24, 2.45) is 0 Å². The fourth-order valence-electron chi connectivity index (χ4n) is 1.89. The van der Waals surface area contributed by atoms with Gasteiger partial charge in [-0.05, 0) is 38.3 Å². The first kappa shape index (κ1) is 16.9. The monoisotopic (exact) mass is 315 g/mol. The Balaban J connectivity index is 2.67. The number of allylic oxidation sites excluding steroid dienone is 1. The molecule has 20 heavy (non-hydrogen) atoms. The van der Waals surface area contributed by atoms with Gasteiger partial charge in [0.25, 0.3) is 0 Å². The summed E-state index contributed by atoms with van der Waals surface area (Å²) in [5, 5.41) is 12.8. The minimum atomic E-state index is -1.04. The summed E-state index contributed by atoms with van der Waals surface area (Å²) in [6, 6.07) is 3.02. The molecule has 0 saturated heterocycles. The summed E-state index contributed by atoms with van der Waals surface area (Å²) in [5.74, 6) is -1.04. The molecule has 1 aromatic rings. The van der Waals surface area contributed by atoms with Gasteiger partial charge < -0.3 is 10.4 Å². The largest absolute Gasteiger partial charge is 0.478 e. The highest BCUT2D eigenvalue weighted by Crippen LogP contribution is 2.32. The lowest BCUT2D eigenvalue weighted by Crippen LogP contribution is -2.15. The number of carbonyl (C=O) groups is 1. The van der Waals surface area contributed by atoms with E-state index in [9.17, 15) is 4.79 Å². The Morgan fingerprint density at radius 3 is 2.50 bits per heavy atom. The fourth-order valence-corrected chi connectivity index (χ4v) is 2.49. The standard InChI is InChI=1S/C15H19Cl2NO2/c1-3-4-5-6-7-10(2)18-14-12(16)8-11(15(19)20)9-13(14)17/h3,8-10,18H,1,4-7H2,2H3,(H,19,20). The smallest absolute Gasteiger partial charge is 0.335 e. The van der Waals surface area contributed by atoms with E-state index >= 15 is 0 Å². The first-order valence-electron chi connectivity index (χ1n) is 6.55. The van der Waals surface area contributed by atoms with Crippen molar-refractivity contribution < 1.29 is 9.90 Å². The number of aromatic carboxylic acids is 1. The Morgan fingerprint density at radius 1 is 1.40 bits per heavy atom. The van der Waals surface area contributed by atoms with Crippen LogP contribution in [0.1, 0.15) is 43.0 Å². The number of unbranched alkanes of at least 4 members (excludes halogenated alkanes) is 2. The summed E-state index contributed by atoms with van der Waals surface area (Å²) in [4.78, 5) is 10.9. The highest BCUT2D eigenvalue weighted by atomic mass is 35.5. The molecule has 3 nitrogen and oxygen atoms in total. The molecule has 0 amide bonds. The van der Waals surface area contributed by atoms with Crippen molar-refractivity contribution in [2.75, 3.05) is 5.32 Å². The summed E-state index contributed by atoms with van der Waals surface area (Å²) in [7, 11) is 0. The van der Waals surface area contributed by atoms with Crippen LogP contribution in [0.15, 0.2) is 24.8 Å². The number of nitrogens with one attached hydrogen (secondary N) is 1. The second kappa shape index (κ2) is 8.18. The SMILES string of the molecule is C=CCCCCC(C)Nc1c(Cl)cc(C(=O)O)cc1Cl. The van der Waals surface area contributed by atoms with Gasteiger partial charge in [0.05, 0.1) is 21.3 Å². The molecule has 0 heterocycles. The second-order valence-corrected chi connectivity index (χ2v) is 5.55. The maximum absolute atomic E-state index is 10.9. The molecule has 0 spiro atoms. The third-order valence-corrected chi connectivity index (χ3v) is 3.57. The molecule has 0 radical (unpaired) electrons. The third-order valence-electron chi connectivity index (χ3n) is 2.98. The van der Waals surface area contributed by atoms with Crippen molar-refractivity contribution in [2.45, 2.75) is 38.6 Å². The van der Waals surface area contributed by atoms with Gasteiger partial charge in [0.1, 0.15) is 0 Å². The van der Waals surface area contributed by atoms with Gasteiger partial charge in [0.2, 0.25) is 0 Å². The van der Waals surface area contributed by atoms with E-state index in [1.54, 1.807) is 0 Å². The maximum atomic E-state index is 10.9. The summed E-state index contributed by atoms with van der Waals surface area (Å²) < 4.78 is 0. The van der Waals surface area contributed by atoms with Crippen molar-refractivity contribution in [1.82, 2.24) is 0 Å². The van der Waals surface area contributed by atoms with Gasteiger partial charge in [-0.1, -0.05) is 35.7 Å². The average Bonchev–Trinajstić information content (AvgIpc) is 2.38. The highest BCUT2D eigenvalue weighted by Gasteiger charge is 2.13. The van der Waals surface area contributed by atoms with E-state index in [0.717, 1.165) is 25.7 Å². The lowest BCUT2D eigenvalue weighted by atomic mass is 10.1. The Bertz CT molecular complexity index is 466. The van der Waals surface area contributed by atoms with Crippen LogP contribution >= 0.6 is 23.2 Å². The van der Waals surface area contributed by atoms with Crippen molar-refractivity contribution in [3.63, 3.8) is 0 Å². The van der Waals surface area contributed by atoms with Gasteiger partial charge in [0, 0.05) is 6.04 Å². The Hall–Kier alpha value is -1.19. The van der Waals surface area contributed by atoms with E-state index in [1.807, 2.05) is 13.0 Å². The first-order chi connectivity index (χ1) is 9.45. The maximum Gasteiger partial charge on any atom is 0.335 e.